The van der Waals surface area contributed by atoms with Crippen molar-refractivity contribution in [2.45, 2.75) is 33.1 Å². The van der Waals surface area contributed by atoms with Crippen LogP contribution in [0.5, 0.6) is 5.75 Å². The first-order valence-electron chi connectivity index (χ1n) is 9.49. The van der Waals surface area contributed by atoms with E-state index in [2.05, 4.69) is 13.0 Å². The van der Waals surface area contributed by atoms with Gasteiger partial charge in [-0.15, -0.1) is 0 Å². The van der Waals surface area contributed by atoms with Crippen molar-refractivity contribution in [3.8, 4) is 17.0 Å². The minimum absolute atomic E-state index is 0.181. The predicted octanol–water partition coefficient (Wildman–Crippen LogP) is 5.19. The minimum atomic E-state index is -0.181. The molecular weight excluding hydrogens is 338 g/mol. The number of ether oxygens (including phenoxy) is 2. The Bertz CT molecular complexity index is 906. The summed E-state index contributed by atoms with van der Waals surface area (Å²) < 4.78 is 11.1. The van der Waals surface area contributed by atoms with Gasteiger partial charge in [0.15, 0.2) is 0 Å². The van der Waals surface area contributed by atoms with Gasteiger partial charge in [0, 0.05) is 23.4 Å². The standard InChI is InChI=1S/C23H25NO3/c1-3-17-12-8-13-19-23(17)21(27-15-9-14-22(25)26-4-2)16-20(24-19)18-10-6-5-7-11-18/h5-8,10-13,16H,3-4,9,14-15H2,1-2H3. The van der Waals surface area contributed by atoms with Crippen LogP contribution in [-0.2, 0) is 16.0 Å². The van der Waals surface area contributed by atoms with Crippen LogP contribution in [0.25, 0.3) is 22.2 Å². The Morgan fingerprint density at radius 3 is 2.59 bits per heavy atom. The average Bonchev–Trinajstić information content (AvgIpc) is 2.71. The summed E-state index contributed by atoms with van der Waals surface area (Å²) in [5.41, 5.74) is 4.07. The molecule has 0 atom stereocenters. The maximum atomic E-state index is 11.5. The Kier molecular flexibility index (Phi) is 6.42. The van der Waals surface area contributed by atoms with Gasteiger partial charge in [0.25, 0.3) is 0 Å². The van der Waals surface area contributed by atoms with E-state index in [-0.39, 0.29) is 5.97 Å². The van der Waals surface area contributed by atoms with Crippen LogP contribution in [-0.4, -0.2) is 24.2 Å². The summed E-state index contributed by atoms with van der Waals surface area (Å²) in [7, 11) is 0. The van der Waals surface area contributed by atoms with Gasteiger partial charge in [0.1, 0.15) is 5.75 Å². The monoisotopic (exact) mass is 363 g/mol. The third-order valence-electron chi connectivity index (χ3n) is 4.42. The number of aromatic nitrogens is 1. The fourth-order valence-electron chi connectivity index (χ4n) is 3.12. The van der Waals surface area contributed by atoms with Gasteiger partial charge in [0.05, 0.1) is 24.4 Å². The van der Waals surface area contributed by atoms with Gasteiger partial charge in [-0.3, -0.25) is 4.79 Å². The summed E-state index contributed by atoms with van der Waals surface area (Å²) >= 11 is 0. The molecule has 0 aliphatic carbocycles. The second kappa shape index (κ2) is 9.17. The average molecular weight is 363 g/mol. The Balaban J connectivity index is 1.90. The summed E-state index contributed by atoms with van der Waals surface area (Å²) in [4.78, 5) is 16.4. The highest BCUT2D eigenvalue weighted by molar-refractivity contribution is 5.90. The number of aryl methyl sites for hydroxylation is 1. The van der Waals surface area contributed by atoms with Gasteiger partial charge < -0.3 is 9.47 Å². The molecule has 0 fully saturated rings. The molecule has 3 rings (SSSR count). The van der Waals surface area contributed by atoms with Gasteiger partial charge in [-0.2, -0.15) is 0 Å². The topological polar surface area (TPSA) is 48.4 Å². The number of fused-ring (bicyclic) bond motifs is 1. The number of nitrogens with zero attached hydrogens (tertiary/aromatic N) is 1. The molecule has 0 spiro atoms. The highest BCUT2D eigenvalue weighted by Crippen LogP contribution is 2.33. The van der Waals surface area contributed by atoms with Crippen molar-refractivity contribution < 1.29 is 14.3 Å². The van der Waals surface area contributed by atoms with E-state index in [1.54, 1.807) is 0 Å². The van der Waals surface area contributed by atoms with Crippen LogP contribution in [0.15, 0.2) is 54.6 Å². The number of carbonyl (C=O) groups is 1. The van der Waals surface area contributed by atoms with Crippen molar-refractivity contribution in [3.63, 3.8) is 0 Å². The van der Waals surface area contributed by atoms with E-state index in [4.69, 9.17) is 14.5 Å². The van der Waals surface area contributed by atoms with Gasteiger partial charge in [0.2, 0.25) is 0 Å². The maximum Gasteiger partial charge on any atom is 0.305 e. The first-order chi connectivity index (χ1) is 13.2. The van der Waals surface area contributed by atoms with Crippen LogP contribution in [0, 0.1) is 0 Å². The zero-order chi connectivity index (χ0) is 19.1. The Morgan fingerprint density at radius 1 is 1.04 bits per heavy atom. The molecule has 1 heterocycles. The van der Waals surface area contributed by atoms with Gasteiger partial charge >= 0.3 is 5.97 Å². The Morgan fingerprint density at radius 2 is 1.85 bits per heavy atom. The van der Waals surface area contributed by atoms with Crippen LogP contribution >= 0.6 is 0 Å². The van der Waals surface area contributed by atoms with Gasteiger partial charge in [-0.1, -0.05) is 49.4 Å². The molecule has 0 saturated carbocycles. The lowest BCUT2D eigenvalue weighted by Gasteiger charge is -2.14. The first kappa shape index (κ1) is 18.9. The number of benzene rings is 2. The highest BCUT2D eigenvalue weighted by Gasteiger charge is 2.12. The van der Waals surface area contributed by atoms with E-state index in [1.165, 1.54) is 5.56 Å². The lowest BCUT2D eigenvalue weighted by molar-refractivity contribution is -0.143. The third kappa shape index (κ3) is 4.64. The second-order valence-electron chi connectivity index (χ2n) is 6.29. The quantitative estimate of drug-likeness (QED) is 0.408. The SMILES string of the molecule is CCOC(=O)CCCOc1cc(-c2ccccc2)nc2cccc(CC)c12. The van der Waals surface area contributed by atoms with E-state index < -0.39 is 0 Å². The van der Waals surface area contributed by atoms with Crippen molar-refractivity contribution in [1.82, 2.24) is 4.98 Å². The van der Waals surface area contributed by atoms with Crippen molar-refractivity contribution in [3.05, 3.63) is 60.2 Å². The van der Waals surface area contributed by atoms with Crippen molar-refractivity contribution in [1.29, 1.82) is 0 Å². The van der Waals surface area contributed by atoms with E-state index >= 15 is 0 Å². The van der Waals surface area contributed by atoms with E-state index in [9.17, 15) is 4.79 Å². The Labute approximate surface area is 160 Å². The molecule has 4 heteroatoms. The van der Waals surface area contributed by atoms with Crippen molar-refractivity contribution in [2.75, 3.05) is 13.2 Å². The molecule has 27 heavy (non-hydrogen) atoms. The normalized spacial score (nSPS) is 10.7. The van der Waals surface area contributed by atoms with Crippen LogP contribution < -0.4 is 4.74 Å². The number of esters is 1. The highest BCUT2D eigenvalue weighted by atomic mass is 16.5. The number of hydrogen-bond donors (Lipinski definition) is 0. The molecule has 0 saturated heterocycles. The fraction of sp³-hybridized carbons (Fsp3) is 0.304. The van der Waals surface area contributed by atoms with Crippen molar-refractivity contribution in [2.24, 2.45) is 0 Å². The molecule has 0 N–H and O–H groups in total. The molecule has 0 amide bonds. The van der Waals surface area contributed by atoms with Gasteiger partial charge in [-0.05, 0) is 31.4 Å². The van der Waals surface area contributed by atoms with Crippen LogP contribution in [0.1, 0.15) is 32.3 Å². The fourth-order valence-corrected chi connectivity index (χ4v) is 3.12. The third-order valence-corrected chi connectivity index (χ3v) is 4.42. The number of rotatable bonds is 8. The van der Waals surface area contributed by atoms with Crippen LogP contribution in [0.3, 0.4) is 0 Å². The Hall–Kier alpha value is -2.88. The lowest BCUT2D eigenvalue weighted by atomic mass is 10.0. The summed E-state index contributed by atoms with van der Waals surface area (Å²) in [6, 6.07) is 18.3. The molecule has 0 unspecified atom stereocenters. The number of carbonyl (C=O) groups excluding carboxylic acids is 1. The summed E-state index contributed by atoms with van der Waals surface area (Å²) in [5, 5.41) is 1.05. The van der Waals surface area contributed by atoms with E-state index in [1.807, 2.05) is 55.5 Å². The molecule has 0 aliphatic rings. The smallest absolute Gasteiger partial charge is 0.305 e. The summed E-state index contributed by atoms with van der Waals surface area (Å²) in [6.07, 6.45) is 1.89. The first-order valence-corrected chi connectivity index (χ1v) is 9.49. The summed E-state index contributed by atoms with van der Waals surface area (Å²) in [6.45, 7) is 4.82. The number of pyridine rings is 1. The largest absolute Gasteiger partial charge is 0.493 e. The van der Waals surface area contributed by atoms with Crippen LogP contribution in [0.4, 0.5) is 0 Å². The van der Waals surface area contributed by atoms with E-state index in [0.717, 1.165) is 34.3 Å². The molecule has 0 radical (unpaired) electrons. The zero-order valence-corrected chi connectivity index (χ0v) is 15.9. The van der Waals surface area contributed by atoms with Crippen molar-refractivity contribution >= 4 is 16.9 Å². The predicted molar refractivity (Wildman–Crippen MR) is 108 cm³/mol. The minimum Gasteiger partial charge on any atom is -0.493 e. The second-order valence-corrected chi connectivity index (χ2v) is 6.29. The van der Waals surface area contributed by atoms with Gasteiger partial charge in [-0.25, -0.2) is 4.98 Å². The molecule has 1 aromatic heterocycles. The maximum absolute atomic E-state index is 11.5. The van der Waals surface area contributed by atoms with E-state index in [0.29, 0.717) is 26.1 Å². The zero-order valence-electron chi connectivity index (χ0n) is 15.9. The number of hydrogen-bond acceptors (Lipinski definition) is 4. The molecule has 0 bridgehead atoms. The van der Waals surface area contributed by atoms with Crippen LogP contribution in [0.2, 0.25) is 0 Å². The molecule has 0 aliphatic heterocycles. The molecular formula is C23H25NO3. The molecule has 140 valence electrons. The summed E-state index contributed by atoms with van der Waals surface area (Å²) in [5.74, 6) is 0.639. The molecule has 2 aromatic carbocycles. The molecule has 4 nitrogen and oxygen atoms in total. The molecule has 3 aromatic rings. The lowest BCUT2D eigenvalue weighted by Crippen LogP contribution is -2.07.